The molecule has 0 aromatic heterocycles. The van der Waals surface area contributed by atoms with E-state index in [4.69, 9.17) is 0 Å². The third kappa shape index (κ3) is 4.64. The van der Waals surface area contributed by atoms with Gasteiger partial charge in [0, 0.05) is 16.6 Å². The molecule has 0 aliphatic heterocycles. The van der Waals surface area contributed by atoms with Crippen LogP contribution in [0.1, 0.15) is 0 Å². The summed E-state index contributed by atoms with van der Waals surface area (Å²) in [5.41, 5.74) is 8.24. The molecule has 47 heavy (non-hydrogen) atoms. The summed E-state index contributed by atoms with van der Waals surface area (Å²) in [6.07, 6.45) is 0. The molecule has 9 aromatic rings. The van der Waals surface area contributed by atoms with Crippen molar-refractivity contribution in [3.8, 4) is 22.3 Å². The van der Waals surface area contributed by atoms with E-state index in [0.29, 0.717) is 0 Å². The zero-order valence-corrected chi connectivity index (χ0v) is 25.8. The Bertz CT molecular complexity index is 2560. The van der Waals surface area contributed by atoms with Crippen LogP contribution < -0.4 is 4.90 Å². The molecule has 0 saturated heterocycles. The summed E-state index contributed by atoms with van der Waals surface area (Å²) in [5, 5.41) is 9.98. The highest BCUT2D eigenvalue weighted by atomic mass is 15.1. The summed E-state index contributed by atoms with van der Waals surface area (Å²) >= 11 is 0. The molecule has 1 nitrogen and oxygen atoms in total. The number of fused-ring (bicyclic) bond motifs is 6. The SMILES string of the molecule is c1ccc(-c2ccc(N(c3ccccc3-c3cccc4ccccc34)c3cc4c5ccccc5ccc4c4ccccc34)cc2)cc1. The van der Waals surface area contributed by atoms with Crippen LogP contribution in [-0.2, 0) is 0 Å². The molecule has 0 aliphatic rings. The highest BCUT2D eigenvalue weighted by molar-refractivity contribution is 6.21. The average Bonchev–Trinajstić information content (AvgIpc) is 3.15. The number of benzene rings is 9. The standard InChI is InChI=1S/C46H31N/c1-2-13-32(14-3-1)33-25-28-36(29-26-33)47(45-24-11-10-21-42(45)39-23-12-17-34-15-4-6-18-37(34)39)46-31-44-38-19-7-5-16-35(38)27-30-41(44)40-20-8-9-22-43(40)46/h1-31H. The molecule has 0 spiro atoms. The van der Waals surface area contributed by atoms with Crippen LogP contribution in [0.25, 0.3) is 65.3 Å². The van der Waals surface area contributed by atoms with Gasteiger partial charge in [-0.05, 0) is 78.7 Å². The summed E-state index contributed by atoms with van der Waals surface area (Å²) < 4.78 is 0. The van der Waals surface area contributed by atoms with E-state index in [1.54, 1.807) is 0 Å². The smallest absolute Gasteiger partial charge is 0.0546 e. The van der Waals surface area contributed by atoms with Gasteiger partial charge in [0.2, 0.25) is 0 Å². The molecule has 0 N–H and O–H groups in total. The molecular weight excluding hydrogens is 567 g/mol. The van der Waals surface area contributed by atoms with Gasteiger partial charge in [-0.3, -0.25) is 0 Å². The maximum absolute atomic E-state index is 2.47. The predicted molar refractivity (Wildman–Crippen MR) is 202 cm³/mol. The van der Waals surface area contributed by atoms with E-state index in [-0.39, 0.29) is 0 Å². The number of hydrogen-bond acceptors (Lipinski definition) is 1. The van der Waals surface area contributed by atoms with Crippen molar-refractivity contribution < 1.29 is 0 Å². The summed E-state index contributed by atoms with van der Waals surface area (Å²) in [6.45, 7) is 0. The first-order chi connectivity index (χ1) is 23.3. The molecule has 0 aliphatic carbocycles. The lowest BCUT2D eigenvalue weighted by Gasteiger charge is -2.30. The fourth-order valence-electron chi connectivity index (χ4n) is 7.22. The van der Waals surface area contributed by atoms with Crippen molar-refractivity contribution in [2.75, 3.05) is 4.90 Å². The molecule has 0 radical (unpaired) electrons. The van der Waals surface area contributed by atoms with E-state index in [2.05, 4.69) is 193 Å². The fraction of sp³-hybridized carbons (Fsp3) is 0. The van der Waals surface area contributed by atoms with Crippen LogP contribution in [0.2, 0.25) is 0 Å². The molecular formula is C46H31N. The highest BCUT2D eigenvalue weighted by Gasteiger charge is 2.21. The Morgan fingerprint density at radius 3 is 1.64 bits per heavy atom. The van der Waals surface area contributed by atoms with E-state index in [9.17, 15) is 0 Å². The second kappa shape index (κ2) is 11.3. The third-order valence-corrected chi connectivity index (χ3v) is 9.44. The highest BCUT2D eigenvalue weighted by Crippen LogP contribution is 2.47. The molecule has 9 aromatic carbocycles. The topological polar surface area (TPSA) is 3.24 Å². The molecule has 9 rings (SSSR count). The van der Waals surface area contributed by atoms with Crippen molar-refractivity contribution in [3.63, 3.8) is 0 Å². The minimum Gasteiger partial charge on any atom is -0.309 e. The minimum atomic E-state index is 1.11. The zero-order chi connectivity index (χ0) is 31.2. The van der Waals surface area contributed by atoms with Gasteiger partial charge in [0.05, 0.1) is 11.4 Å². The number of rotatable bonds is 5. The summed E-state index contributed by atoms with van der Waals surface area (Å²) in [4.78, 5) is 2.47. The molecule has 0 bridgehead atoms. The van der Waals surface area contributed by atoms with E-state index in [0.717, 1.165) is 17.1 Å². The second-order valence-electron chi connectivity index (χ2n) is 12.1. The normalized spacial score (nSPS) is 11.4. The molecule has 1 heteroatoms. The number of hydrogen-bond donors (Lipinski definition) is 0. The molecule has 220 valence electrons. The largest absolute Gasteiger partial charge is 0.309 e. The van der Waals surface area contributed by atoms with Gasteiger partial charge in [-0.2, -0.15) is 0 Å². The van der Waals surface area contributed by atoms with Crippen molar-refractivity contribution in [1.82, 2.24) is 0 Å². The lowest BCUT2D eigenvalue weighted by atomic mass is 9.93. The first kappa shape index (κ1) is 27.2. The van der Waals surface area contributed by atoms with Crippen LogP contribution in [0, 0.1) is 0 Å². The van der Waals surface area contributed by atoms with Crippen molar-refractivity contribution in [2.45, 2.75) is 0 Å². The van der Waals surface area contributed by atoms with Crippen LogP contribution >= 0.6 is 0 Å². The van der Waals surface area contributed by atoms with E-state index in [1.165, 1.54) is 65.3 Å². The summed E-state index contributed by atoms with van der Waals surface area (Å²) in [7, 11) is 0. The van der Waals surface area contributed by atoms with Gasteiger partial charge in [0.15, 0.2) is 0 Å². The Morgan fingerprint density at radius 2 is 0.830 bits per heavy atom. The zero-order valence-electron chi connectivity index (χ0n) is 25.8. The van der Waals surface area contributed by atoms with Gasteiger partial charge in [0.1, 0.15) is 0 Å². The van der Waals surface area contributed by atoms with Gasteiger partial charge in [-0.15, -0.1) is 0 Å². The van der Waals surface area contributed by atoms with E-state index < -0.39 is 0 Å². The van der Waals surface area contributed by atoms with Crippen molar-refractivity contribution in [2.24, 2.45) is 0 Å². The summed E-state index contributed by atoms with van der Waals surface area (Å²) in [5.74, 6) is 0. The Hall–Kier alpha value is -6.18. The van der Waals surface area contributed by atoms with E-state index in [1.807, 2.05) is 0 Å². The number of nitrogens with zero attached hydrogens (tertiary/aromatic N) is 1. The maximum Gasteiger partial charge on any atom is 0.0546 e. The Balaban J connectivity index is 1.36. The Labute approximate surface area is 274 Å². The van der Waals surface area contributed by atoms with Crippen LogP contribution in [0.15, 0.2) is 188 Å². The van der Waals surface area contributed by atoms with Gasteiger partial charge in [-0.25, -0.2) is 0 Å². The summed E-state index contributed by atoms with van der Waals surface area (Å²) in [6, 6.07) is 68.3. The molecule has 0 atom stereocenters. The average molecular weight is 598 g/mol. The van der Waals surface area contributed by atoms with Crippen LogP contribution in [-0.4, -0.2) is 0 Å². The van der Waals surface area contributed by atoms with Gasteiger partial charge >= 0.3 is 0 Å². The molecule has 0 amide bonds. The monoisotopic (exact) mass is 597 g/mol. The lowest BCUT2D eigenvalue weighted by molar-refractivity contribution is 1.30. The second-order valence-corrected chi connectivity index (χ2v) is 12.1. The first-order valence-corrected chi connectivity index (χ1v) is 16.2. The van der Waals surface area contributed by atoms with Gasteiger partial charge in [-0.1, -0.05) is 164 Å². The van der Waals surface area contributed by atoms with Crippen LogP contribution in [0.3, 0.4) is 0 Å². The van der Waals surface area contributed by atoms with Crippen molar-refractivity contribution in [1.29, 1.82) is 0 Å². The quantitative estimate of drug-likeness (QED) is 0.178. The third-order valence-electron chi connectivity index (χ3n) is 9.44. The maximum atomic E-state index is 2.47. The van der Waals surface area contributed by atoms with E-state index >= 15 is 0 Å². The Morgan fingerprint density at radius 1 is 0.277 bits per heavy atom. The molecule has 0 unspecified atom stereocenters. The van der Waals surface area contributed by atoms with Crippen LogP contribution in [0.4, 0.5) is 17.1 Å². The first-order valence-electron chi connectivity index (χ1n) is 16.2. The molecule has 0 fully saturated rings. The predicted octanol–water partition coefficient (Wildman–Crippen LogP) is 13.1. The van der Waals surface area contributed by atoms with Crippen LogP contribution in [0.5, 0.6) is 0 Å². The fourth-order valence-corrected chi connectivity index (χ4v) is 7.22. The molecule has 0 saturated carbocycles. The van der Waals surface area contributed by atoms with Gasteiger partial charge < -0.3 is 4.90 Å². The molecule has 0 heterocycles. The van der Waals surface area contributed by atoms with Crippen molar-refractivity contribution in [3.05, 3.63) is 188 Å². The van der Waals surface area contributed by atoms with Gasteiger partial charge in [0.25, 0.3) is 0 Å². The lowest BCUT2D eigenvalue weighted by Crippen LogP contribution is -2.12. The Kier molecular flexibility index (Phi) is 6.54. The number of anilines is 3. The minimum absolute atomic E-state index is 1.11. The van der Waals surface area contributed by atoms with Crippen molar-refractivity contribution >= 4 is 60.2 Å². The number of para-hydroxylation sites is 1.